The number of hydrogen-bond acceptors (Lipinski definition) is 7. The van der Waals surface area contributed by atoms with Crippen LogP contribution in [0.1, 0.15) is 27.4 Å². The van der Waals surface area contributed by atoms with E-state index in [1.807, 2.05) is 36.4 Å². The fourth-order valence-corrected chi connectivity index (χ4v) is 3.06. The lowest BCUT2D eigenvalue weighted by Crippen LogP contribution is -2.01. The van der Waals surface area contributed by atoms with Crippen molar-refractivity contribution in [3.63, 3.8) is 0 Å². The molecule has 0 radical (unpaired) electrons. The number of carbonyl (C=O) groups excluding carboxylic acids is 1. The molecule has 0 aliphatic heterocycles. The van der Waals surface area contributed by atoms with Gasteiger partial charge in [0.1, 0.15) is 5.75 Å². The number of ether oxygens (including phenoxy) is 2. The maximum Gasteiger partial charge on any atom is 0.337 e. The molecule has 0 atom stereocenters. The van der Waals surface area contributed by atoms with Gasteiger partial charge in [-0.15, -0.1) is 10.2 Å². The minimum absolute atomic E-state index is 0.351. The third-order valence-electron chi connectivity index (χ3n) is 3.67. The molecule has 26 heavy (non-hydrogen) atoms. The van der Waals surface area contributed by atoms with E-state index in [9.17, 15) is 4.79 Å². The Labute approximate surface area is 155 Å². The van der Waals surface area contributed by atoms with Gasteiger partial charge in [0.05, 0.1) is 26.2 Å². The van der Waals surface area contributed by atoms with Gasteiger partial charge in [-0.3, -0.25) is 0 Å². The Balaban J connectivity index is 1.59. The Bertz CT molecular complexity index is 877. The first-order valence-electron chi connectivity index (χ1n) is 7.93. The summed E-state index contributed by atoms with van der Waals surface area (Å²) in [5, 5.41) is 8.64. The van der Waals surface area contributed by atoms with Crippen molar-refractivity contribution in [1.82, 2.24) is 10.2 Å². The van der Waals surface area contributed by atoms with E-state index in [0.717, 1.165) is 16.9 Å². The second-order valence-corrected chi connectivity index (χ2v) is 6.39. The lowest BCUT2D eigenvalue weighted by molar-refractivity contribution is 0.0600. The molecule has 134 valence electrons. The molecule has 0 unspecified atom stereocenters. The molecule has 6 nitrogen and oxygen atoms in total. The Hall–Kier alpha value is -2.80. The number of benzene rings is 2. The topological polar surface area (TPSA) is 74.5 Å². The molecule has 0 saturated carbocycles. The summed E-state index contributed by atoms with van der Waals surface area (Å²) in [5.74, 6) is 1.64. The average molecular weight is 370 g/mol. The highest BCUT2D eigenvalue weighted by atomic mass is 32.2. The summed E-state index contributed by atoms with van der Waals surface area (Å²) in [4.78, 5) is 11.6. The van der Waals surface area contributed by atoms with Crippen LogP contribution in [-0.4, -0.2) is 30.4 Å². The van der Waals surface area contributed by atoms with Crippen molar-refractivity contribution in [2.45, 2.75) is 17.4 Å². The average Bonchev–Trinajstić information content (AvgIpc) is 3.14. The molecular formula is C19H18N2O4S. The molecule has 0 spiro atoms. The first-order chi connectivity index (χ1) is 12.7. The zero-order valence-electron chi connectivity index (χ0n) is 14.5. The molecule has 0 amide bonds. The second-order valence-electron chi connectivity index (χ2n) is 5.47. The van der Waals surface area contributed by atoms with Crippen molar-refractivity contribution >= 4 is 17.7 Å². The standard InChI is InChI=1S/C19H18N2O4S/c1-23-16-8-6-13(7-9-16)11-17-20-21-19(25-17)26-12-14-4-3-5-15(10-14)18(22)24-2/h3-10H,11-12H2,1-2H3. The normalized spacial score (nSPS) is 10.5. The highest BCUT2D eigenvalue weighted by Crippen LogP contribution is 2.23. The fraction of sp³-hybridized carbons (Fsp3) is 0.211. The molecule has 7 heteroatoms. The maximum atomic E-state index is 11.6. The van der Waals surface area contributed by atoms with Crippen molar-refractivity contribution in [1.29, 1.82) is 0 Å². The summed E-state index contributed by atoms with van der Waals surface area (Å²) in [5.41, 5.74) is 2.57. The quantitative estimate of drug-likeness (QED) is 0.463. The van der Waals surface area contributed by atoms with E-state index in [2.05, 4.69) is 10.2 Å². The largest absolute Gasteiger partial charge is 0.497 e. The molecule has 0 bridgehead atoms. The number of nitrogens with zero attached hydrogens (tertiary/aromatic N) is 2. The number of hydrogen-bond donors (Lipinski definition) is 0. The van der Waals surface area contributed by atoms with Crippen LogP contribution in [0.2, 0.25) is 0 Å². The van der Waals surface area contributed by atoms with Gasteiger partial charge in [0.25, 0.3) is 5.22 Å². The summed E-state index contributed by atoms with van der Waals surface area (Å²) in [7, 11) is 3.00. The van der Waals surface area contributed by atoms with E-state index in [0.29, 0.717) is 28.9 Å². The van der Waals surface area contributed by atoms with Crippen LogP contribution < -0.4 is 4.74 Å². The molecule has 2 aromatic carbocycles. The minimum Gasteiger partial charge on any atom is -0.497 e. The lowest BCUT2D eigenvalue weighted by atomic mass is 10.1. The molecule has 0 fully saturated rings. The Morgan fingerprint density at radius 1 is 1.08 bits per heavy atom. The second kappa shape index (κ2) is 8.53. The molecular weight excluding hydrogens is 352 g/mol. The monoisotopic (exact) mass is 370 g/mol. The van der Waals surface area contributed by atoms with Gasteiger partial charge >= 0.3 is 5.97 Å². The molecule has 0 N–H and O–H groups in total. The van der Waals surface area contributed by atoms with Crippen LogP contribution in [0, 0.1) is 0 Å². The Kier molecular flexibility index (Phi) is 5.91. The van der Waals surface area contributed by atoms with Gasteiger partial charge in [0.2, 0.25) is 5.89 Å². The van der Waals surface area contributed by atoms with Crippen LogP contribution in [0.5, 0.6) is 5.75 Å². The van der Waals surface area contributed by atoms with Gasteiger partial charge in [-0.2, -0.15) is 0 Å². The zero-order valence-corrected chi connectivity index (χ0v) is 15.3. The summed E-state index contributed by atoms with van der Waals surface area (Å²) in [6, 6.07) is 15.0. The molecule has 1 heterocycles. The third-order valence-corrected chi connectivity index (χ3v) is 4.56. The number of thioether (sulfide) groups is 1. The molecule has 1 aromatic heterocycles. The van der Waals surface area contributed by atoms with E-state index in [1.165, 1.54) is 18.9 Å². The highest BCUT2D eigenvalue weighted by molar-refractivity contribution is 7.98. The lowest BCUT2D eigenvalue weighted by Gasteiger charge is -2.02. The molecule has 0 aliphatic carbocycles. The van der Waals surface area contributed by atoms with Crippen molar-refractivity contribution in [3.8, 4) is 5.75 Å². The smallest absolute Gasteiger partial charge is 0.337 e. The number of rotatable bonds is 7. The van der Waals surface area contributed by atoms with E-state index in [1.54, 1.807) is 19.2 Å². The maximum absolute atomic E-state index is 11.6. The minimum atomic E-state index is -0.351. The predicted octanol–water partition coefficient (Wildman–Crippen LogP) is 3.75. The molecule has 0 aliphatic rings. The first-order valence-corrected chi connectivity index (χ1v) is 8.92. The number of carbonyl (C=O) groups is 1. The molecule has 3 aromatic rings. The van der Waals surface area contributed by atoms with Gasteiger partial charge in [-0.25, -0.2) is 4.79 Å². The molecule has 3 rings (SSSR count). The van der Waals surface area contributed by atoms with Crippen LogP contribution in [0.25, 0.3) is 0 Å². The van der Waals surface area contributed by atoms with E-state index >= 15 is 0 Å². The summed E-state index contributed by atoms with van der Waals surface area (Å²) in [6.45, 7) is 0. The van der Waals surface area contributed by atoms with Crippen molar-refractivity contribution in [3.05, 3.63) is 71.1 Å². The van der Waals surface area contributed by atoms with Gasteiger partial charge in [0, 0.05) is 5.75 Å². The van der Waals surface area contributed by atoms with Gasteiger partial charge in [-0.1, -0.05) is 36.0 Å². The first kappa shape index (κ1) is 18.0. The van der Waals surface area contributed by atoms with Crippen LogP contribution >= 0.6 is 11.8 Å². The van der Waals surface area contributed by atoms with Crippen molar-refractivity contribution in [2.75, 3.05) is 14.2 Å². The van der Waals surface area contributed by atoms with Crippen LogP contribution in [0.3, 0.4) is 0 Å². The van der Waals surface area contributed by atoms with Crippen molar-refractivity contribution < 1.29 is 18.7 Å². The third kappa shape index (κ3) is 4.64. The van der Waals surface area contributed by atoms with Gasteiger partial charge < -0.3 is 13.9 Å². The highest BCUT2D eigenvalue weighted by Gasteiger charge is 2.10. The van der Waals surface area contributed by atoms with Gasteiger partial charge in [0.15, 0.2) is 0 Å². The van der Waals surface area contributed by atoms with E-state index < -0.39 is 0 Å². The number of esters is 1. The van der Waals surface area contributed by atoms with Crippen molar-refractivity contribution in [2.24, 2.45) is 0 Å². The summed E-state index contributed by atoms with van der Waals surface area (Å²) < 4.78 is 15.6. The van der Waals surface area contributed by atoms with Gasteiger partial charge in [-0.05, 0) is 35.4 Å². The predicted molar refractivity (Wildman–Crippen MR) is 97.4 cm³/mol. The van der Waals surface area contributed by atoms with Crippen LogP contribution in [-0.2, 0) is 16.9 Å². The fourth-order valence-electron chi connectivity index (χ4n) is 2.34. The van der Waals surface area contributed by atoms with Crippen LogP contribution in [0.4, 0.5) is 0 Å². The van der Waals surface area contributed by atoms with E-state index in [-0.39, 0.29) is 5.97 Å². The SMILES string of the molecule is COC(=O)c1cccc(CSc2nnc(Cc3ccc(OC)cc3)o2)c1. The molecule has 0 saturated heterocycles. The zero-order chi connectivity index (χ0) is 18.4. The summed E-state index contributed by atoms with van der Waals surface area (Å²) >= 11 is 1.43. The summed E-state index contributed by atoms with van der Waals surface area (Å²) in [6.07, 6.45) is 0.565. The number of aromatic nitrogens is 2. The Morgan fingerprint density at radius 3 is 2.62 bits per heavy atom. The van der Waals surface area contributed by atoms with Crippen LogP contribution in [0.15, 0.2) is 58.2 Å². The Morgan fingerprint density at radius 2 is 1.88 bits per heavy atom. The van der Waals surface area contributed by atoms with E-state index in [4.69, 9.17) is 13.9 Å². The number of methoxy groups -OCH3 is 2.